The highest BCUT2D eigenvalue weighted by Gasteiger charge is 2.29. The van der Waals surface area contributed by atoms with Gasteiger partial charge in [-0.15, -0.1) is 0 Å². The molecule has 160 valence electrons. The number of nitrogens with one attached hydrogen (secondary N) is 1. The van der Waals surface area contributed by atoms with Gasteiger partial charge >= 0.3 is 6.03 Å². The van der Waals surface area contributed by atoms with Gasteiger partial charge in [0, 0.05) is 42.9 Å². The van der Waals surface area contributed by atoms with Crippen LogP contribution in [0.2, 0.25) is 0 Å². The SMILES string of the molecule is CC1CN(c2nccc3ccccc23)CCN1C(=O)Nc1ccc(C2CCCC2)cc1. The molecule has 5 heteroatoms. The zero-order valence-electron chi connectivity index (χ0n) is 18.1. The molecule has 2 heterocycles. The third-order valence-corrected chi connectivity index (χ3v) is 6.83. The molecule has 0 bridgehead atoms. The van der Waals surface area contributed by atoms with Crippen LogP contribution < -0.4 is 10.2 Å². The van der Waals surface area contributed by atoms with Crippen LogP contribution in [0.5, 0.6) is 0 Å². The lowest BCUT2D eigenvalue weighted by molar-refractivity contribution is 0.184. The standard InChI is InChI=1S/C26H30N4O/c1-19-18-29(25-24-9-5-4-8-22(24)14-15-27-25)16-17-30(19)26(31)28-23-12-10-21(11-13-23)20-6-2-3-7-20/h4-5,8-15,19-20H,2-3,6-7,16-18H2,1H3,(H,28,31). The summed E-state index contributed by atoms with van der Waals surface area (Å²) >= 11 is 0. The van der Waals surface area contributed by atoms with Gasteiger partial charge < -0.3 is 15.1 Å². The molecule has 5 rings (SSSR count). The highest BCUT2D eigenvalue weighted by Crippen LogP contribution is 2.34. The van der Waals surface area contributed by atoms with E-state index in [0.29, 0.717) is 12.5 Å². The monoisotopic (exact) mass is 414 g/mol. The van der Waals surface area contributed by atoms with Gasteiger partial charge in [0.2, 0.25) is 0 Å². The van der Waals surface area contributed by atoms with E-state index in [2.05, 4.69) is 58.5 Å². The molecule has 5 nitrogen and oxygen atoms in total. The zero-order chi connectivity index (χ0) is 21.2. The van der Waals surface area contributed by atoms with Crippen molar-refractivity contribution in [1.29, 1.82) is 0 Å². The minimum Gasteiger partial charge on any atom is -0.352 e. The molecule has 2 amide bonds. The van der Waals surface area contributed by atoms with Gasteiger partial charge in [0.1, 0.15) is 5.82 Å². The van der Waals surface area contributed by atoms with E-state index in [1.807, 2.05) is 29.3 Å². The van der Waals surface area contributed by atoms with Crippen LogP contribution in [0.1, 0.15) is 44.1 Å². The maximum atomic E-state index is 13.0. The van der Waals surface area contributed by atoms with Crippen molar-refractivity contribution in [2.75, 3.05) is 29.9 Å². The quantitative estimate of drug-likeness (QED) is 0.604. The Balaban J connectivity index is 1.23. The fourth-order valence-corrected chi connectivity index (χ4v) is 5.10. The van der Waals surface area contributed by atoms with Crippen molar-refractivity contribution in [3.63, 3.8) is 0 Å². The van der Waals surface area contributed by atoms with E-state index in [1.54, 1.807) is 0 Å². The Morgan fingerprint density at radius 2 is 1.77 bits per heavy atom. The average Bonchev–Trinajstić information content (AvgIpc) is 3.34. The third kappa shape index (κ3) is 4.09. The smallest absolute Gasteiger partial charge is 0.322 e. The number of benzene rings is 2. The Bertz CT molecular complexity index is 1050. The Labute approximate surface area is 184 Å². The number of carbonyl (C=O) groups is 1. The molecule has 3 aromatic rings. The summed E-state index contributed by atoms with van der Waals surface area (Å²) in [5.74, 6) is 1.70. The van der Waals surface area contributed by atoms with Crippen LogP contribution in [0.4, 0.5) is 16.3 Å². The van der Waals surface area contributed by atoms with Gasteiger partial charge in [-0.2, -0.15) is 0 Å². The van der Waals surface area contributed by atoms with E-state index in [9.17, 15) is 4.79 Å². The molecule has 1 saturated heterocycles. The van der Waals surface area contributed by atoms with E-state index >= 15 is 0 Å². The Hall–Kier alpha value is -3.08. The first-order chi connectivity index (χ1) is 15.2. The van der Waals surface area contributed by atoms with Crippen LogP contribution in [0, 0.1) is 0 Å². The number of hydrogen-bond acceptors (Lipinski definition) is 3. The van der Waals surface area contributed by atoms with Crippen LogP contribution in [0.3, 0.4) is 0 Å². The van der Waals surface area contributed by atoms with Crippen molar-refractivity contribution < 1.29 is 4.79 Å². The molecule has 1 unspecified atom stereocenters. The first-order valence-corrected chi connectivity index (χ1v) is 11.5. The van der Waals surface area contributed by atoms with Crippen molar-refractivity contribution in [2.45, 2.75) is 44.6 Å². The summed E-state index contributed by atoms with van der Waals surface area (Å²) in [6.07, 6.45) is 7.12. The molecule has 2 aliphatic rings. The number of pyridine rings is 1. The number of piperazine rings is 1. The number of hydrogen-bond donors (Lipinski definition) is 1. The molecule has 2 aromatic carbocycles. The van der Waals surface area contributed by atoms with Crippen LogP contribution in [-0.4, -0.2) is 41.6 Å². The molecular weight excluding hydrogens is 384 g/mol. The number of aromatic nitrogens is 1. The maximum absolute atomic E-state index is 13.0. The van der Waals surface area contributed by atoms with Crippen molar-refractivity contribution in [1.82, 2.24) is 9.88 Å². The van der Waals surface area contributed by atoms with Crippen molar-refractivity contribution in [3.05, 3.63) is 66.4 Å². The summed E-state index contributed by atoms with van der Waals surface area (Å²) in [5, 5.41) is 5.46. The average molecular weight is 415 g/mol. The Kier molecular flexibility index (Phi) is 5.49. The highest BCUT2D eigenvalue weighted by molar-refractivity contribution is 5.92. The minimum atomic E-state index is -0.0216. The van der Waals surface area contributed by atoms with Crippen molar-refractivity contribution >= 4 is 28.3 Å². The van der Waals surface area contributed by atoms with Crippen LogP contribution in [0.15, 0.2) is 60.8 Å². The molecule has 31 heavy (non-hydrogen) atoms. The van der Waals surface area contributed by atoms with Crippen LogP contribution in [-0.2, 0) is 0 Å². The summed E-state index contributed by atoms with van der Waals surface area (Å²) in [4.78, 5) is 21.8. The second-order valence-electron chi connectivity index (χ2n) is 8.88. The molecule has 0 radical (unpaired) electrons. The fraction of sp³-hybridized carbons (Fsp3) is 0.385. The Morgan fingerprint density at radius 1 is 1.00 bits per heavy atom. The normalized spacial score (nSPS) is 19.7. The fourth-order valence-electron chi connectivity index (χ4n) is 5.10. The van der Waals surface area contributed by atoms with E-state index in [1.165, 1.54) is 36.6 Å². The summed E-state index contributed by atoms with van der Waals surface area (Å²) in [6.45, 7) is 4.34. The zero-order valence-corrected chi connectivity index (χ0v) is 18.1. The molecular formula is C26H30N4O. The second-order valence-corrected chi connectivity index (χ2v) is 8.88. The van der Waals surface area contributed by atoms with E-state index < -0.39 is 0 Å². The number of carbonyl (C=O) groups excluding carboxylic acids is 1. The second kappa shape index (κ2) is 8.58. The predicted molar refractivity (Wildman–Crippen MR) is 127 cm³/mol. The van der Waals surface area contributed by atoms with Gasteiger partial charge in [-0.05, 0) is 54.8 Å². The number of fused-ring (bicyclic) bond motifs is 1. The van der Waals surface area contributed by atoms with E-state index in [0.717, 1.165) is 30.0 Å². The van der Waals surface area contributed by atoms with E-state index in [-0.39, 0.29) is 12.1 Å². The number of urea groups is 1. The van der Waals surface area contributed by atoms with Gasteiger partial charge in [0.15, 0.2) is 0 Å². The Morgan fingerprint density at radius 3 is 2.55 bits per heavy atom. The number of rotatable bonds is 3. The highest BCUT2D eigenvalue weighted by atomic mass is 16.2. The van der Waals surface area contributed by atoms with Gasteiger partial charge in [-0.1, -0.05) is 49.2 Å². The molecule has 1 saturated carbocycles. The molecule has 2 fully saturated rings. The van der Waals surface area contributed by atoms with Crippen molar-refractivity contribution in [2.24, 2.45) is 0 Å². The minimum absolute atomic E-state index is 0.0216. The molecule has 1 atom stereocenters. The molecule has 1 N–H and O–H groups in total. The summed E-state index contributed by atoms with van der Waals surface area (Å²) < 4.78 is 0. The first kappa shape index (κ1) is 19.9. The van der Waals surface area contributed by atoms with Gasteiger partial charge in [-0.3, -0.25) is 0 Å². The number of amides is 2. The molecule has 1 aliphatic heterocycles. The summed E-state index contributed by atoms with van der Waals surface area (Å²) in [5.41, 5.74) is 2.28. The largest absolute Gasteiger partial charge is 0.352 e. The molecule has 0 spiro atoms. The lowest BCUT2D eigenvalue weighted by atomic mass is 9.98. The van der Waals surface area contributed by atoms with Gasteiger partial charge in [-0.25, -0.2) is 9.78 Å². The van der Waals surface area contributed by atoms with Crippen LogP contribution in [0.25, 0.3) is 10.8 Å². The first-order valence-electron chi connectivity index (χ1n) is 11.5. The van der Waals surface area contributed by atoms with E-state index in [4.69, 9.17) is 0 Å². The summed E-state index contributed by atoms with van der Waals surface area (Å²) in [6, 6.07) is 18.9. The molecule has 1 aliphatic carbocycles. The summed E-state index contributed by atoms with van der Waals surface area (Å²) in [7, 11) is 0. The third-order valence-electron chi connectivity index (χ3n) is 6.83. The lowest BCUT2D eigenvalue weighted by Crippen LogP contribution is -2.55. The van der Waals surface area contributed by atoms with Gasteiger partial charge in [0.05, 0.1) is 0 Å². The van der Waals surface area contributed by atoms with Crippen molar-refractivity contribution in [3.8, 4) is 0 Å². The molecule has 1 aromatic heterocycles. The predicted octanol–water partition coefficient (Wildman–Crippen LogP) is 5.64. The maximum Gasteiger partial charge on any atom is 0.322 e. The lowest BCUT2D eigenvalue weighted by Gasteiger charge is -2.40. The topological polar surface area (TPSA) is 48.5 Å². The number of anilines is 2. The van der Waals surface area contributed by atoms with Crippen LogP contribution >= 0.6 is 0 Å². The number of nitrogens with zero attached hydrogens (tertiary/aromatic N) is 3. The van der Waals surface area contributed by atoms with Gasteiger partial charge in [0.25, 0.3) is 0 Å².